The second-order valence-electron chi connectivity index (χ2n) is 5.26. The van der Waals surface area contributed by atoms with Crippen LogP contribution in [0, 0.1) is 0 Å². The van der Waals surface area contributed by atoms with Crippen LogP contribution in [0.25, 0.3) is 0 Å². The normalized spacial score (nSPS) is 16.1. The molecule has 0 saturated carbocycles. The average Bonchev–Trinajstić information content (AvgIpc) is 2.45. The summed E-state index contributed by atoms with van der Waals surface area (Å²) in [5, 5.41) is 3.39. The first kappa shape index (κ1) is 21.2. The topological polar surface area (TPSA) is 41.6 Å². The molecule has 0 spiro atoms. The molecule has 126 valence electrons. The van der Waals surface area contributed by atoms with Gasteiger partial charge in [0, 0.05) is 39.1 Å². The number of esters is 1. The number of piperazine rings is 1. The molecule has 1 saturated heterocycles. The lowest BCUT2D eigenvalue weighted by Crippen LogP contribution is -2.45. The van der Waals surface area contributed by atoms with E-state index in [1.807, 2.05) is 18.2 Å². The highest BCUT2D eigenvalue weighted by Crippen LogP contribution is 2.28. The summed E-state index contributed by atoms with van der Waals surface area (Å²) in [7, 11) is 0. The maximum Gasteiger partial charge on any atom is 0.308 e. The number of nitrogens with one attached hydrogen (secondary N) is 1. The van der Waals surface area contributed by atoms with Crippen LogP contribution in [0.3, 0.4) is 0 Å². The number of carbonyl (C=O) groups excluding carboxylic acids is 1. The molecule has 2 rings (SSSR count). The molecule has 0 aromatic heterocycles. The van der Waals surface area contributed by atoms with E-state index in [1.165, 1.54) is 12.5 Å². The molecule has 4 nitrogen and oxygen atoms in total. The number of nitrogens with zero attached hydrogens (tertiary/aromatic N) is 1. The number of benzene rings is 1. The van der Waals surface area contributed by atoms with E-state index < -0.39 is 0 Å². The van der Waals surface area contributed by atoms with Crippen molar-refractivity contribution in [2.24, 2.45) is 0 Å². The third-order valence-electron chi connectivity index (χ3n) is 3.66. The number of ether oxygens (including phenoxy) is 1. The van der Waals surface area contributed by atoms with Crippen molar-refractivity contribution in [1.82, 2.24) is 10.2 Å². The van der Waals surface area contributed by atoms with E-state index in [0.717, 1.165) is 39.0 Å². The predicted molar refractivity (Wildman–Crippen MR) is 94.3 cm³/mol. The van der Waals surface area contributed by atoms with Crippen molar-refractivity contribution in [1.29, 1.82) is 0 Å². The van der Waals surface area contributed by atoms with E-state index >= 15 is 0 Å². The smallest absolute Gasteiger partial charge is 0.308 e. The van der Waals surface area contributed by atoms with Gasteiger partial charge in [0.05, 0.1) is 0 Å². The maximum atomic E-state index is 11.1. The number of halogens is 2. The van der Waals surface area contributed by atoms with Gasteiger partial charge in [0.15, 0.2) is 0 Å². The van der Waals surface area contributed by atoms with Gasteiger partial charge in [-0.3, -0.25) is 9.69 Å². The Hall–Kier alpha value is -0.810. The first-order chi connectivity index (χ1) is 9.70. The van der Waals surface area contributed by atoms with Crippen LogP contribution < -0.4 is 10.1 Å². The van der Waals surface area contributed by atoms with Crippen LogP contribution >= 0.6 is 24.8 Å². The van der Waals surface area contributed by atoms with Crippen molar-refractivity contribution < 1.29 is 9.53 Å². The van der Waals surface area contributed by atoms with Crippen molar-refractivity contribution in [3.8, 4) is 5.75 Å². The van der Waals surface area contributed by atoms with Crippen molar-refractivity contribution in [3.63, 3.8) is 0 Å². The Balaban J connectivity index is 0.00000220. The molecule has 1 atom stereocenters. The van der Waals surface area contributed by atoms with Crippen LogP contribution in [0.1, 0.15) is 38.3 Å². The minimum absolute atomic E-state index is 0. The Morgan fingerprint density at radius 2 is 2.00 bits per heavy atom. The van der Waals surface area contributed by atoms with Gasteiger partial charge in [0.2, 0.25) is 0 Å². The van der Waals surface area contributed by atoms with Crippen molar-refractivity contribution in [2.45, 2.75) is 32.7 Å². The van der Waals surface area contributed by atoms with Crippen LogP contribution in [-0.4, -0.2) is 37.0 Å². The van der Waals surface area contributed by atoms with Gasteiger partial charge in [-0.05, 0) is 24.1 Å². The molecule has 0 amide bonds. The molecule has 1 aromatic carbocycles. The molecule has 1 aliphatic rings. The van der Waals surface area contributed by atoms with Crippen molar-refractivity contribution >= 4 is 30.8 Å². The Labute approximate surface area is 145 Å². The number of rotatable bonds is 5. The Morgan fingerprint density at radius 1 is 1.32 bits per heavy atom. The van der Waals surface area contributed by atoms with E-state index in [2.05, 4.69) is 23.2 Å². The fourth-order valence-electron chi connectivity index (χ4n) is 2.78. The Bertz CT molecular complexity index is 452. The summed E-state index contributed by atoms with van der Waals surface area (Å²) in [6.45, 7) is 7.89. The van der Waals surface area contributed by atoms with E-state index in [9.17, 15) is 4.79 Å². The van der Waals surface area contributed by atoms with Gasteiger partial charge in [-0.2, -0.15) is 0 Å². The van der Waals surface area contributed by atoms with Crippen LogP contribution in [-0.2, 0) is 4.79 Å². The fourth-order valence-corrected chi connectivity index (χ4v) is 2.78. The van der Waals surface area contributed by atoms with Crippen molar-refractivity contribution in [3.05, 3.63) is 29.8 Å². The first-order valence-electron chi connectivity index (χ1n) is 7.44. The highest BCUT2D eigenvalue weighted by atomic mass is 35.5. The Kier molecular flexibility index (Phi) is 10.4. The van der Waals surface area contributed by atoms with E-state index in [-0.39, 0.29) is 30.8 Å². The molecule has 1 heterocycles. The highest BCUT2D eigenvalue weighted by Gasteiger charge is 2.21. The van der Waals surface area contributed by atoms with Gasteiger partial charge in [0.25, 0.3) is 0 Å². The van der Waals surface area contributed by atoms with E-state index in [0.29, 0.717) is 11.8 Å². The predicted octanol–water partition coefficient (Wildman–Crippen LogP) is 3.20. The highest BCUT2D eigenvalue weighted by molar-refractivity contribution is 5.85. The molecule has 6 heteroatoms. The van der Waals surface area contributed by atoms with E-state index in [4.69, 9.17) is 4.74 Å². The van der Waals surface area contributed by atoms with Crippen LogP contribution in [0.2, 0.25) is 0 Å². The Morgan fingerprint density at radius 3 is 2.59 bits per heavy atom. The summed E-state index contributed by atoms with van der Waals surface area (Å²) in [4.78, 5) is 13.6. The zero-order valence-electron chi connectivity index (χ0n) is 13.2. The lowest BCUT2D eigenvalue weighted by molar-refractivity contribution is -0.131. The quantitative estimate of drug-likeness (QED) is 0.655. The molecule has 1 aromatic rings. The monoisotopic (exact) mass is 348 g/mol. The van der Waals surface area contributed by atoms with Gasteiger partial charge < -0.3 is 10.1 Å². The third kappa shape index (κ3) is 6.13. The fraction of sp³-hybridized carbons (Fsp3) is 0.562. The second-order valence-corrected chi connectivity index (χ2v) is 5.26. The van der Waals surface area contributed by atoms with Crippen LogP contribution in [0.15, 0.2) is 24.3 Å². The third-order valence-corrected chi connectivity index (χ3v) is 3.66. The van der Waals surface area contributed by atoms with Gasteiger partial charge in [-0.15, -0.1) is 24.8 Å². The summed E-state index contributed by atoms with van der Waals surface area (Å²) < 4.78 is 5.20. The second kappa shape index (κ2) is 10.8. The van der Waals surface area contributed by atoms with Gasteiger partial charge in [-0.1, -0.05) is 25.5 Å². The molecule has 22 heavy (non-hydrogen) atoms. The minimum Gasteiger partial charge on any atom is -0.427 e. The first-order valence-corrected chi connectivity index (χ1v) is 7.44. The summed E-state index contributed by atoms with van der Waals surface area (Å²) >= 11 is 0. The van der Waals surface area contributed by atoms with Gasteiger partial charge >= 0.3 is 5.97 Å². The van der Waals surface area contributed by atoms with Crippen LogP contribution in [0.5, 0.6) is 5.75 Å². The summed E-state index contributed by atoms with van der Waals surface area (Å²) in [5.41, 5.74) is 1.24. The van der Waals surface area contributed by atoms with E-state index in [1.54, 1.807) is 0 Å². The molecule has 0 bridgehead atoms. The van der Waals surface area contributed by atoms with Gasteiger partial charge in [0.1, 0.15) is 5.75 Å². The average molecular weight is 349 g/mol. The standard InChI is InChI=1S/C16H24N2O2.2ClH/c1-3-5-16(18-10-8-17-9-11-18)14-6-4-7-15(12-14)20-13(2)19;;/h4,6-7,12,16-17H,3,5,8-11H2,1-2H3;2*1H/t16-;;/m0../s1. The largest absolute Gasteiger partial charge is 0.427 e. The zero-order valence-corrected chi connectivity index (χ0v) is 14.8. The van der Waals surface area contributed by atoms with Crippen LogP contribution in [0.4, 0.5) is 0 Å². The molecular weight excluding hydrogens is 323 g/mol. The molecular formula is C16H26Cl2N2O2. The summed E-state index contributed by atoms with van der Waals surface area (Å²) in [6.07, 6.45) is 2.27. The number of carbonyl (C=O) groups is 1. The number of hydrogen-bond donors (Lipinski definition) is 1. The SMILES string of the molecule is CCC[C@@H](c1cccc(OC(C)=O)c1)N1CCNCC1.Cl.Cl. The maximum absolute atomic E-state index is 11.1. The molecule has 1 aliphatic heterocycles. The van der Waals surface area contributed by atoms with Crippen molar-refractivity contribution in [2.75, 3.05) is 26.2 Å². The summed E-state index contributed by atoms with van der Waals surface area (Å²) in [5.74, 6) is 0.377. The molecule has 1 N–H and O–H groups in total. The molecule has 0 radical (unpaired) electrons. The lowest BCUT2D eigenvalue weighted by Gasteiger charge is -2.35. The molecule has 1 fully saturated rings. The molecule has 0 unspecified atom stereocenters. The molecule has 0 aliphatic carbocycles. The minimum atomic E-state index is -0.267. The lowest BCUT2D eigenvalue weighted by atomic mass is 9.99. The summed E-state index contributed by atoms with van der Waals surface area (Å²) in [6, 6.07) is 8.36. The zero-order chi connectivity index (χ0) is 14.4. The number of hydrogen-bond acceptors (Lipinski definition) is 4. The van der Waals surface area contributed by atoms with Gasteiger partial charge in [-0.25, -0.2) is 0 Å².